The number of carbonyl (C=O) groups excluding carboxylic acids is 2. The summed E-state index contributed by atoms with van der Waals surface area (Å²) in [5.74, 6) is -1.96. The van der Waals surface area contributed by atoms with Gasteiger partial charge in [0.15, 0.2) is 17.3 Å². The molecule has 4 heterocycles. The number of benzene rings is 1. The maximum absolute atomic E-state index is 13.4. The van der Waals surface area contributed by atoms with E-state index in [1.54, 1.807) is 55.6 Å². The number of pyridine rings is 1. The number of phenols is 1. The van der Waals surface area contributed by atoms with Crippen molar-refractivity contribution in [2.75, 3.05) is 11.5 Å². The first-order valence-electron chi connectivity index (χ1n) is 10.8. The molecule has 1 saturated heterocycles. The summed E-state index contributed by atoms with van der Waals surface area (Å²) in [6.07, 6.45) is 1.72. The van der Waals surface area contributed by atoms with Gasteiger partial charge in [0.1, 0.15) is 16.3 Å². The molecule has 178 valence electrons. The molecule has 0 saturated carbocycles. The zero-order valence-electron chi connectivity index (χ0n) is 19.1. The molecule has 11 heteroatoms. The van der Waals surface area contributed by atoms with Crippen molar-refractivity contribution in [3.8, 4) is 11.5 Å². The zero-order valence-corrected chi connectivity index (χ0v) is 19.9. The molecule has 1 unspecified atom stereocenters. The van der Waals surface area contributed by atoms with Crippen molar-refractivity contribution < 1.29 is 24.5 Å². The van der Waals surface area contributed by atoms with E-state index >= 15 is 0 Å². The Labute approximate surface area is 203 Å². The molecule has 5 rings (SSSR count). The molecule has 3 aromatic heterocycles. The molecule has 10 nitrogen and oxygen atoms in total. The van der Waals surface area contributed by atoms with E-state index in [9.17, 15) is 19.8 Å². The molecule has 1 aromatic carbocycles. The molecule has 0 aliphatic carbocycles. The second kappa shape index (κ2) is 8.51. The number of nitrogens with zero attached hydrogens (tertiary/aromatic N) is 5. The molecule has 2 N–H and O–H groups in total. The number of Topliss-reactive ketones (excluding diaryl/α,β-unsaturated/α-hetero) is 1. The quantitative estimate of drug-likeness (QED) is 0.246. The number of hydrogen-bond acceptors (Lipinski definition) is 9. The maximum atomic E-state index is 13.4. The van der Waals surface area contributed by atoms with Crippen LogP contribution < -0.4 is 9.64 Å². The molecule has 1 amide bonds. The number of aromatic hydroxyl groups is 1. The Morgan fingerprint density at radius 3 is 2.69 bits per heavy atom. The number of aromatic nitrogens is 4. The Bertz CT molecular complexity index is 1520. The molecule has 0 spiro atoms. The molecule has 1 aliphatic heterocycles. The first-order valence-corrected chi connectivity index (χ1v) is 11.6. The Morgan fingerprint density at radius 2 is 1.97 bits per heavy atom. The number of phenolic OH excluding ortho intramolecular Hbond substituents is 1. The molecular weight excluding hydrogens is 470 g/mol. The number of hydrogen-bond donors (Lipinski definition) is 2. The monoisotopic (exact) mass is 491 g/mol. The van der Waals surface area contributed by atoms with E-state index in [4.69, 9.17) is 4.74 Å². The van der Waals surface area contributed by atoms with Crippen LogP contribution in [0.15, 0.2) is 48.2 Å². The Kier molecular flexibility index (Phi) is 5.48. The highest BCUT2D eigenvalue weighted by Gasteiger charge is 2.49. The van der Waals surface area contributed by atoms with Crippen molar-refractivity contribution in [2.45, 2.75) is 26.8 Å². The number of rotatable bonds is 5. The van der Waals surface area contributed by atoms with Crippen molar-refractivity contribution in [3.63, 3.8) is 0 Å². The van der Waals surface area contributed by atoms with Crippen molar-refractivity contribution >= 4 is 39.6 Å². The number of aliphatic hydroxyl groups excluding tert-OH is 1. The van der Waals surface area contributed by atoms with Gasteiger partial charge in [-0.15, -0.1) is 10.2 Å². The van der Waals surface area contributed by atoms with Gasteiger partial charge in [-0.2, -0.15) is 0 Å². The van der Waals surface area contributed by atoms with Gasteiger partial charge in [0.2, 0.25) is 5.13 Å². The third-order valence-corrected chi connectivity index (χ3v) is 6.53. The number of imidazole rings is 1. The van der Waals surface area contributed by atoms with Crippen molar-refractivity contribution in [1.82, 2.24) is 19.6 Å². The topological polar surface area (TPSA) is 130 Å². The first-order chi connectivity index (χ1) is 16.8. The summed E-state index contributed by atoms with van der Waals surface area (Å²) < 4.78 is 7.18. The zero-order chi connectivity index (χ0) is 24.9. The van der Waals surface area contributed by atoms with E-state index in [0.29, 0.717) is 34.2 Å². The van der Waals surface area contributed by atoms with Crippen LogP contribution in [0.2, 0.25) is 0 Å². The maximum Gasteiger partial charge on any atom is 0.301 e. The molecule has 1 atom stereocenters. The number of fused-ring (bicyclic) bond motifs is 1. The Balaban J connectivity index is 1.78. The minimum absolute atomic E-state index is 0.0862. The lowest BCUT2D eigenvalue weighted by molar-refractivity contribution is -0.132. The van der Waals surface area contributed by atoms with Gasteiger partial charge < -0.3 is 14.9 Å². The Morgan fingerprint density at radius 1 is 1.17 bits per heavy atom. The highest BCUT2D eigenvalue weighted by Crippen LogP contribution is 2.44. The Hall–Kier alpha value is -4.25. The molecule has 0 radical (unpaired) electrons. The fraction of sp³-hybridized carbons (Fsp3) is 0.208. The van der Waals surface area contributed by atoms with Crippen LogP contribution in [0.4, 0.5) is 5.13 Å². The summed E-state index contributed by atoms with van der Waals surface area (Å²) in [5.41, 5.74) is 1.71. The van der Waals surface area contributed by atoms with Gasteiger partial charge in [-0.1, -0.05) is 23.5 Å². The lowest BCUT2D eigenvalue weighted by Gasteiger charge is -2.23. The van der Waals surface area contributed by atoms with Crippen LogP contribution in [0.5, 0.6) is 11.5 Å². The average Bonchev–Trinajstić information content (AvgIpc) is 3.48. The van der Waals surface area contributed by atoms with Gasteiger partial charge in [0.05, 0.1) is 23.9 Å². The summed E-state index contributed by atoms with van der Waals surface area (Å²) in [7, 11) is 0. The third kappa shape index (κ3) is 3.60. The van der Waals surface area contributed by atoms with E-state index in [2.05, 4.69) is 15.2 Å². The van der Waals surface area contributed by atoms with E-state index < -0.39 is 17.7 Å². The van der Waals surface area contributed by atoms with Gasteiger partial charge in [-0.25, -0.2) is 4.98 Å². The lowest BCUT2D eigenvalue weighted by Crippen LogP contribution is -2.29. The summed E-state index contributed by atoms with van der Waals surface area (Å²) in [5, 5.41) is 30.6. The summed E-state index contributed by atoms with van der Waals surface area (Å²) >= 11 is 1.15. The van der Waals surface area contributed by atoms with Crippen molar-refractivity contribution in [1.29, 1.82) is 0 Å². The van der Waals surface area contributed by atoms with Gasteiger partial charge in [0, 0.05) is 6.20 Å². The highest BCUT2D eigenvalue weighted by atomic mass is 32.1. The molecule has 1 fully saturated rings. The predicted molar refractivity (Wildman–Crippen MR) is 129 cm³/mol. The van der Waals surface area contributed by atoms with Crippen LogP contribution in [-0.4, -0.2) is 48.1 Å². The van der Waals surface area contributed by atoms with Gasteiger partial charge in [0.25, 0.3) is 5.78 Å². The number of carbonyl (C=O) groups is 2. The van der Waals surface area contributed by atoms with Crippen molar-refractivity contribution in [2.24, 2.45) is 0 Å². The predicted octanol–water partition coefficient (Wildman–Crippen LogP) is 3.53. The van der Waals surface area contributed by atoms with Crippen LogP contribution >= 0.6 is 11.3 Å². The fourth-order valence-electron chi connectivity index (χ4n) is 4.23. The molecular formula is C24H21N5O5S. The van der Waals surface area contributed by atoms with Crippen molar-refractivity contribution in [3.05, 3.63) is 70.1 Å². The fourth-order valence-corrected chi connectivity index (χ4v) is 4.94. The number of ketones is 1. The third-order valence-electron chi connectivity index (χ3n) is 5.69. The minimum Gasteiger partial charge on any atom is -0.505 e. The number of ether oxygens (including phenoxy) is 1. The van der Waals surface area contributed by atoms with Gasteiger partial charge >= 0.3 is 5.91 Å². The lowest BCUT2D eigenvalue weighted by atomic mass is 9.96. The summed E-state index contributed by atoms with van der Waals surface area (Å²) in [6, 6.07) is 8.88. The van der Waals surface area contributed by atoms with Crippen LogP contribution in [0.1, 0.15) is 34.9 Å². The van der Waals surface area contributed by atoms with E-state index in [0.717, 1.165) is 11.3 Å². The second-order valence-corrected chi connectivity index (χ2v) is 9.07. The van der Waals surface area contributed by atoms with Crippen LogP contribution in [-0.2, 0) is 9.59 Å². The molecule has 35 heavy (non-hydrogen) atoms. The summed E-state index contributed by atoms with van der Waals surface area (Å²) in [6.45, 7) is 5.53. The number of aryl methyl sites for hydroxylation is 2. The molecule has 1 aliphatic rings. The van der Waals surface area contributed by atoms with E-state index in [1.165, 1.54) is 11.0 Å². The van der Waals surface area contributed by atoms with Crippen LogP contribution in [0, 0.1) is 13.8 Å². The number of anilines is 1. The highest BCUT2D eigenvalue weighted by molar-refractivity contribution is 7.15. The standard InChI is InChI=1S/C24H21N5O5S/c1-4-34-16-11-14(8-9-15(16)30)20-18(22(32)23(33)29(20)24-27-26-13(3)35-24)21(31)19-12(2)25-17-7-5-6-10-28(17)19/h5-11,20,30-31H,4H2,1-3H3/b21-18+. The van der Waals surface area contributed by atoms with E-state index in [1.807, 2.05) is 6.07 Å². The van der Waals surface area contributed by atoms with Gasteiger partial charge in [-0.05, 0) is 50.6 Å². The first kappa shape index (κ1) is 22.5. The van der Waals surface area contributed by atoms with E-state index in [-0.39, 0.29) is 28.0 Å². The average molecular weight is 492 g/mol. The van der Waals surface area contributed by atoms with Crippen LogP contribution in [0.25, 0.3) is 11.4 Å². The number of aliphatic hydroxyl groups is 1. The molecule has 0 bridgehead atoms. The smallest absolute Gasteiger partial charge is 0.301 e. The second-order valence-electron chi connectivity index (χ2n) is 7.91. The van der Waals surface area contributed by atoms with Crippen LogP contribution in [0.3, 0.4) is 0 Å². The SMILES string of the molecule is CCOc1cc(C2/C(=C(\O)c3c(C)nc4ccccn34)C(=O)C(=O)N2c2nnc(C)s2)ccc1O. The number of amides is 1. The minimum atomic E-state index is -1.03. The summed E-state index contributed by atoms with van der Waals surface area (Å²) in [4.78, 5) is 32.3. The van der Waals surface area contributed by atoms with Gasteiger partial charge in [-0.3, -0.25) is 18.9 Å². The normalized spacial score (nSPS) is 17.5. The largest absolute Gasteiger partial charge is 0.505 e. The molecule has 4 aromatic rings.